The van der Waals surface area contributed by atoms with Crippen molar-refractivity contribution >= 4 is 16.1 Å². The van der Waals surface area contributed by atoms with Gasteiger partial charge < -0.3 is 0 Å². The van der Waals surface area contributed by atoms with Gasteiger partial charge >= 0.3 is 0 Å². The molecule has 2 heteroatoms. The first-order valence-corrected chi connectivity index (χ1v) is 13.7. The van der Waals surface area contributed by atoms with E-state index in [2.05, 4.69) is 64.1 Å². The van der Waals surface area contributed by atoms with Crippen molar-refractivity contribution in [2.75, 3.05) is 0 Å². The van der Waals surface area contributed by atoms with E-state index in [1.54, 1.807) is 0 Å². The molecule has 94 valence electrons. The van der Waals surface area contributed by atoms with Gasteiger partial charge in [-0.2, -0.15) is 0 Å². The van der Waals surface area contributed by atoms with Gasteiger partial charge in [0, 0.05) is 8.07 Å². The molecule has 16 heavy (non-hydrogen) atoms. The summed E-state index contributed by atoms with van der Waals surface area (Å²) in [6, 6.07) is 1.32. The van der Waals surface area contributed by atoms with Crippen LogP contribution < -0.4 is 0 Å². The smallest absolute Gasteiger partial charge is 0.0513 e. The number of allylic oxidation sites excluding steroid dienone is 3. The summed E-state index contributed by atoms with van der Waals surface area (Å²) in [6.45, 7) is 18.6. The maximum Gasteiger partial charge on any atom is 0.0513 e. The van der Waals surface area contributed by atoms with E-state index < -0.39 is 16.1 Å². The number of hydrogen-bond donors (Lipinski definition) is 0. The van der Waals surface area contributed by atoms with Crippen LogP contribution >= 0.6 is 0 Å². The van der Waals surface area contributed by atoms with Gasteiger partial charge in [-0.05, 0) is 24.4 Å². The van der Waals surface area contributed by atoms with Crippen molar-refractivity contribution in [2.24, 2.45) is 0 Å². The van der Waals surface area contributed by atoms with Crippen LogP contribution in [0.15, 0.2) is 24.8 Å². The molecule has 0 nitrogen and oxygen atoms in total. The minimum Gasteiger partial charge on any atom is -0.103 e. The highest BCUT2D eigenvalue weighted by Crippen LogP contribution is 2.27. The summed E-state index contributed by atoms with van der Waals surface area (Å²) in [4.78, 5) is 0. The van der Waals surface area contributed by atoms with Crippen LogP contribution in [0, 0.1) is 0 Å². The first-order chi connectivity index (χ1) is 7.17. The molecule has 0 rings (SSSR count). The molecule has 0 radical (unpaired) electrons. The largest absolute Gasteiger partial charge is 0.103 e. The third-order valence-corrected chi connectivity index (χ3v) is 7.15. The Morgan fingerprint density at radius 2 is 1.56 bits per heavy atom. The lowest BCUT2D eigenvalue weighted by atomic mass is 10.2. The van der Waals surface area contributed by atoms with E-state index in [0.717, 1.165) is 5.54 Å². The van der Waals surface area contributed by atoms with E-state index >= 15 is 0 Å². The van der Waals surface area contributed by atoms with Crippen molar-refractivity contribution in [3.8, 4) is 0 Å². The lowest BCUT2D eigenvalue weighted by molar-refractivity contribution is 0.838. The molecule has 0 heterocycles. The molecular weight excluding hydrogens is 224 g/mol. The Bertz CT molecular complexity index is 228. The summed E-state index contributed by atoms with van der Waals surface area (Å²) >= 11 is 0. The fourth-order valence-corrected chi connectivity index (χ4v) is 4.35. The molecule has 0 aliphatic carbocycles. The molecule has 0 saturated heterocycles. The molecule has 0 saturated carbocycles. The van der Waals surface area contributed by atoms with Crippen molar-refractivity contribution in [3.63, 3.8) is 0 Å². The molecule has 0 aliphatic heterocycles. The van der Waals surface area contributed by atoms with Gasteiger partial charge in [0.1, 0.15) is 0 Å². The van der Waals surface area contributed by atoms with E-state index in [1.165, 1.54) is 18.9 Å². The van der Waals surface area contributed by atoms with Gasteiger partial charge in [-0.1, -0.05) is 57.5 Å². The van der Waals surface area contributed by atoms with Crippen LogP contribution in [0.3, 0.4) is 0 Å². The monoisotopic (exact) mass is 254 g/mol. The Labute approximate surface area is 105 Å². The summed E-state index contributed by atoms with van der Waals surface area (Å²) in [7, 11) is -1.90. The fourth-order valence-electron chi connectivity index (χ4n) is 1.73. The van der Waals surface area contributed by atoms with E-state index in [1.807, 2.05) is 0 Å². The van der Waals surface area contributed by atoms with Crippen molar-refractivity contribution < 1.29 is 0 Å². The fraction of sp³-hybridized carbons (Fsp3) is 0.714. The van der Waals surface area contributed by atoms with Gasteiger partial charge in [0.05, 0.1) is 8.07 Å². The molecule has 0 aromatic rings. The maximum absolute atomic E-state index is 3.98. The molecule has 1 atom stereocenters. The van der Waals surface area contributed by atoms with Crippen molar-refractivity contribution in [3.05, 3.63) is 24.8 Å². The highest BCUT2D eigenvalue weighted by atomic mass is 28.3. The summed E-state index contributed by atoms with van der Waals surface area (Å²) in [5, 5.41) is 0. The summed E-state index contributed by atoms with van der Waals surface area (Å²) in [6.07, 6.45) is 9.48. The van der Waals surface area contributed by atoms with E-state index in [9.17, 15) is 0 Å². The lowest BCUT2D eigenvalue weighted by Gasteiger charge is -2.25. The van der Waals surface area contributed by atoms with Gasteiger partial charge in [-0.3, -0.25) is 0 Å². The van der Waals surface area contributed by atoms with Crippen molar-refractivity contribution in [1.82, 2.24) is 0 Å². The normalized spacial score (nSPS) is 15.4. The Hall–Kier alpha value is -0.0862. The second kappa shape index (κ2) is 6.60. The topological polar surface area (TPSA) is 0 Å². The van der Waals surface area contributed by atoms with Gasteiger partial charge in [-0.25, -0.2) is 0 Å². The van der Waals surface area contributed by atoms with Gasteiger partial charge in [0.2, 0.25) is 0 Å². The highest BCUT2D eigenvalue weighted by molar-refractivity contribution is 6.78. The maximum atomic E-state index is 3.98. The van der Waals surface area contributed by atoms with Crippen LogP contribution in [0.25, 0.3) is 0 Å². The molecule has 0 amide bonds. The molecule has 1 unspecified atom stereocenters. The van der Waals surface area contributed by atoms with Crippen LogP contribution in [-0.4, -0.2) is 16.1 Å². The molecular formula is C14H30Si2. The van der Waals surface area contributed by atoms with Gasteiger partial charge in [0.15, 0.2) is 0 Å². The first-order valence-electron chi connectivity index (χ1n) is 6.44. The Morgan fingerprint density at radius 3 is 1.94 bits per heavy atom. The third kappa shape index (κ3) is 8.11. The zero-order valence-corrected chi connectivity index (χ0v) is 14.1. The van der Waals surface area contributed by atoms with Gasteiger partial charge in [-0.15, -0.1) is 6.58 Å². The average Bonchev–Trinajstić information content (AvgIpc) is 2.07. The minimum absolute atomic E-state index is 0.768. The Kier molecular flexibility index (Phi) is 6.57. The second-order valence-corrected chi connectivity index (χ2v) is 18.0. The molecule has 0 N–H and O–H groups in total. The summed E-state index contributed by atoms with van der Waals surface area (Å²) < 4.78 is 0. The van der Waals surface area contributed by atoms with Crippen LogP contribution in [0.5, 0.6) is 0 Å². The van der Waals surface area contributed by atoms with Crippen LogP contribution in [0.4, 0.5) is 0 Å². The quantitative estimate of drug-likeness (QED) is 0.412. The molecule has 0 aliphatic rings. The Balaban J connectivity index is 3.93. The molecule has 0 fully saturated rings. The zero-order valence-electron chi connectivity index (χ0n) is 12.1. The molecule has 0 aromatic heterocycles. The molecule has 0 bridgehead atoms. The summed E-state index contributed by atoms with van der Waals surface area (Å²) in [5.41, 5.74) is 0.768. The van der Waals surface area contributed by atoms with E-state index in [4.69, 9.17) is 0 Å². The number of hydrogen-bond acceptors (Lipinski definition) is 0. The lowest BCUT2D eigenvalue weighted by Crippen LogP contribution is -2.26. The predicted octanol–water partition coefficient (Wildman–Crippen LogP) is 5.56. The van der Waals surface area contributed by atoms with Crippen LogP contribution in [0.2, 0.25) is 50.9 Å². The average molecular weight is 255 g/mol. The standard InChI is InChI=1S/C14H30Si2/c1-8-14(16(5,6)7)12-10-9-11-13-15(2,3)4/h8-9,11,14H,1,10,12-13H2,2-7H3/b11-9+. The molecule has 0 aromatic carbocycles. The number of rotatable bonds is 7. The SMILES string of the molecule is C=CC(CC/C=C/C[Si](C)(C)C)[Si](C)(C)C. The first kappa shape index (κ1) is 15.9. The van der Waals surface area contributed by atoms with Gasteiger partial charge in [0.25, 0.3) is 0 Å². The summed E-state index contributed by atoms with van der Waals surface area (Å²) in [5.74, 6) is 0. The third-order valence-electron chi connectivity index (χ3n) is 2.94. The van der Waals surface area contributed by atoms with Crippen LogP contribution in [-0.2, 0) is 0 Å². The highest BCUT2D eigenvalue weighted by Gasteiger charge is 2.22. The van der Waals surface area contributed by atoms with E-state index in [0.29, 0.717) is 0 Å². The zero-order chi connectivity index (χ0) is 12.8. The molecule has 0 spiro atoms. The minimum atomic E-state index is -1.03. The van der Waals surface area contributed by atoms with Crippen molar-refractivity contribution in [1.29, 1.82) is 0 Å². The predicted molar refractivity (Wildman–Crippen MR) is 83.8 cm³/mol. The second-order valence-electron chi connectivity index (χ2n) is 7.02. The van der Waals surface area contributed by atoms with Crippen LogP contribution in [0.1, 0.15) is 12.8 Å². The van der Waals surface area contributed by atoms with E-state index in [-0.39, 0.29) is 0 Å². The Morgan fingerprint density at radius 1 is 1.00 bits per heavy atom. The van der Waals surface area contributed by atoms with Crippen molar-refractivity contribution in [2.45, 2.75) is 63.7 Å².